The Morgan fingerprint density at radius 1 is 1.29 bits per heavy atom. The van der Waals surface area contributed by atoms with Gasteiger partial charge in [0, 0.05) is 34.4 Å². The highest BCUT2D eigenvalue weighted by Crippen LogP contribution is 2.29. The van der Waals surface area contributed by atoms with E-state index in [9.17, 15) is 0 Å². The number of nitrogens with two attached hydrogens (primary N) is 1. The van der Waals surface area contributed by atoms with Crippen LogP contribution in [0, 0.1) is 0 Å². The summed E-state index contributed by atoms with van der Waals surface area (Å²) in [7, 11) is 0. The smallest absolute Gasteiger partial charge is 0.0371 e. The second kappa shape index (κ2) is 5.40. The van der Waals surface area contributed by atoms with E-state index in [4.69, 9.17) is 5.73 Å². The first-order valence-corrected chi connectivity index (χ1v) is 7.17. The Morgan fingerprint density at radius 2 is 1.94 bits per heavy atom. The van der Waals surface area contributed by atoms with Crippen LogP contribution in [0.2, 0.25) is 0 Å². The zero-order chi connectivity index (χ0) is 12.4. The van der Waals surface area contributed by atoms with Gasteiger partial charge in [0.2, 0.25) is 0 Å². The van der Waals surface area contributed by atoms with Gasteiger partial charge in [-0.2, -0.15) is 0 Å². The average molecular weight is 297 g/mol. The van der Waals surface area contributed by atoms with Gasteiger partial charge in [0.05, 0.1) is 0 Å². The van der Waals surface area contributed by atoms with Gasteiger partial charge in [-0.3, -0.25) is 4.90 Å². The zero-order valence-corrected chi connectivity index (χ0v) is 12.2. The van der Waals surface area contributed by atoms with Crippen molar-refractivity contribution < 1.29 is 0 Å². The van der Waals surface area contributed by atoms with Gasteiger partial charge in [-0.25, -0.2) is 0 Å². The van der Waals surface area contributed by atoms with Gasteiger partial charge >= 0.3 is 0 Å². The first kappa shape index (κ1) is 12.9. The molecule has 1 aromatic rings. The van der Waals surface area contributed by atoms with Crippen molar-refractivity contribution in [2.24, 2.45) is 0 Å². The molecule has 2 rings (SSSR count). The number of anilines is 1. The molecule has 1 aromatic carbocycles. The molecule has 0 unspecified atom stereocenters. The van der Waals surface area contributed by atoms with Gasteiger partial charge in [0.15, 0.2) is 0 Å². The van der Waals surface area contributed by atoms with Crippen molar-refractivity contribution >= 4 is 21.6 Å². The van der Waals surface area contributed by atoms with Gasteiger partial charge in [-0.05, 0) is 38.8 Å². The summed E-state index contributed by atoms with van der Waals surface area (Å²) in [6, 6.07) is 7.37. The summed E-state index contributed by atoms with van der Waals surface area (Å²) in [5, 5.41) is 0. The number of hydrogen-bond donors (Lipinski definition) is 1. The van der Waals surface area contributed by atoms with Crippen LogP contribution < -0.4 is 5.73 Å². The molecule has 3 heteroatoms. The maximum atomic E-state index is 6.07. The predicted octanol–water partition coefficient (Wildman–Crippen LogP) is 3.79. The lowest BCUT2D eigenvalue weighted by molar-refractivity contribution is 0.0953. The van der Waals surface area contributed by atoms with Crippen LogP contribution in [-0.4, -0.2) is 17.0 Å². The van der Waals surface area contributed by atoms with Crippen molar-refractivity contribution in [3.05, 3.63) is 28.2 Å². The molecule has 1 heterocycles. The van der Waals surface area contributed by atoms with Crippen molar-refractivity contribution in [1.82, 2.24) is 4.90 Å². The summed E-state index contributed by atoms with van der Waals surface area (Å²) < 4.78 is 1.13. The molecule has 0 spiro atoms. The number of nitrogen functional groups attached to an aromatic ring is 1. The normalized spacial score (nSPS) is 26.1. The minimum absolute atomic E-state index is 0.658. The topological polar surface area (TPSA) is 29.3 Å². The molecule has 1 fully saturated rings. The summed E-state index contributed by atoms with van der Waals surface area (Å²) in [5.74, 6) is 0. The van der Waals surface area contributed by atoms with Crippen molar-refractivity contribution in [3.63, 3.8) is 0 Å². The Hall–Kier alpha value is -0.540. The number of hydrogen-bond acceptors (Lipinski definition) is 2. The molecule has 0 radical (unpaired) electrons. The minimum atomic E-state index is 0.658. The number of piperidine rings is 1. The molecule has 17 heavy (non-hydrogen) atoms. The molecule has 0 amide bonds. The quantitative estimate of drug-likeness (QED) is 0.841. The van der Waals surface area contributed by atoms with Crippen molar-refractivity contribution in [2.45, 2.75) is 51.7 Å². The summed E-state index contributed by atoms with van der Waals surface area (Å²) >= 11 is 3.61. The summed E-state index contributed by atoms with van der Waals surface area (Å²) in [5.41, 5.74) is 8.20. The van der Waals surface area contributed by atoms with E-state index in [0.29, 0.717) is 12.1 Å². The SMILES string of the molecule is C[C@@H]1CCC[C@H](C)N1Cc1c(N)cccc1Br. The third kappa shape index (κ3) is 2.83. The van der Waals surface area contributed by atoms with Crippen LogP contribution in [0.15, 0.2) is 22.7 Å². The highest BCUT2D eigenvalue weighted by molar-refractivity contribution is 9.10. The van der Waals surface area contributed by atoms with E-state index in [1.54, 1.807) is 0 Å². The lowest BCUT2D eigenvalue weighted by atomic mass is 9.96. The van der Waals surface area contributed by atoms with Crippen LogP contribution in [0.1, 0.15) is 38.7 Å². The second-order valence-corrected chi connectivity index (χ2v) is 5.96. The monoisotopic (exact) mass is 296 g/mol. The van der Waals surface area contributed by atoms with Gasteiger partial charge in [0.1, 0.15) is 0 Å². The number of likely N-dealkylation sites (tertiary alicyclic amines) is 1. The van der Waals surface area contributed by atoms with E-state index in [1.165, 1.54) is 24.8 Å². The highest BCUT2D eigenvalue weighted by Gasteiger charge is 2.25. The van der Waals surface area contributed by atoms with Crippen molar-refractivity contribution in [3.8, 4) is 0 Å². The van der Waals surface area contributed by atoms with Crippen molar-refractivity contribution in [1.29, 1.82) is 0 Å². The molecule has 2 N–H and O–H groups in total. The standard InChI is InChI=1S/C14H21BrN2/c1-10-5-3-6-11(2)17(10)9-12-13(15)7-4-8-14(12)16/h4,7-8,10-11H,3,5-6,9,16H2,1-2H3/t10-,11+. The van der Waals surface area contributed by atoms with E-state index in [2.05, 4.69) is 40.7 Å². The first-order chi connectivity index (χ1) is 8.09. The van der Waals surface area contributed by atoms with Crippen molar-refractivity contribution in [2.75, 3.05) is 5.73 Å². The Labute approximate surface area is 112 Å². The molecule has 0 aliphatic carbocycles. The average Bonchev–Trinajstić information content (AvgIpc) is 2.27. The number of benzene rings is 1. The molecular weight excluding hydrogens is 276 g/mol. The fraction of sp³-hybridized carbons (Fsp3) is 0.571. The van der Waals surface area contributed by atoms with Gasteiger partial charge in [0.25, 0.3) is 0 Å². The van der Waals surface area contributed by atoms with E-state index < -0.39 is 0 Å². The number of halogens is 1. The zero-order valence-electron chi connectivity index (χ0n) is 10.6. The lowest BCUT2D eigenvalue weighted by Gasteiger charge is -2.39. The van der Waals surface area contributed by atoms with Crippen LogP contribution in [0.3, 0.4) is 0 Å². The van der Waals surface area contributed by atoms with Crippen LogP contribution in [0.4, 0.5) is 5.69 Å². The second-order valence-electron chi connectivity index (χ2n) is 5.11. The third-order valence-corrected chi connectivity index (χ3v) is 4.61. The van der Waals surface area contributed by atoms with Gasteiger partial charge in [-0.15, -0.1) is 0 Å². The fourth-order valence-electron chi connectivity index (χ4n) is 2.71. The van der Waals surface area contributed by atoms with E-state index in [1.807, 2.05) is 12.1 Å². The molecule has 2 atom stereocenters. The van der Waals surface area contributed by atoms with Crippen LogP contribution in [-0.2, 0) is 6.54 Å². The largest absolute Gasteiger partial charge is 0.398 e. The summed E-state index contributed by atoms with van der Waals surface area (Å²) in [6.45, 7) is 5.60. The molecule has 0 bridgehead atoms. The highest BCUT2D eigenvalue weighted by atomic mass is 79.9. The van der Waals surface area contributed by atoms with E-state index in [0.717, 1.165) is 16.7 Å². The van der Waals surface area contributed by atoms with Gasteiger partial charge < -0.3 is 5.73 Å². The Bertz CT molecular complexity index is 362. The molecule has 1 aliphatic heterocycles. The van der Waals surface area contributed by atoms with Crippen LogP contribution in [0.5, 0.6) is 0 Å². The molecule has 94 valence electrons. The number of nitrogens with zero attached hydrogens (tertiary/aromatic N) is 1. The molecule has 0 saturated carbocycles. The molecular formula is C14H21BrN2. The molecule has 0 aromatic heterocycles. The fourth-order valence-corrected chi connectivity index (χ4v) is 3.22. The Morgan fingerprint density at radius 3 is 2.53 bits per heavy atom. The molecule has 2 nitrogen and oxygen atoms in total. The maximum absolute atomic E-state index is 6.07. The Balaban J connectivity index is 2.19. The van der Waals surface area contributed by atoms with Crippen LogP contribution in [0.25, 0.3) is 0 Å². The number of rotatable bonds is 2. The minimum Gasteiger partial charge on any atom is -0.398 e. The molecule has 1 aliphatic rings. The molecule has 1 saturated heterocycles. The lowest BCUT2D eigenvalue weighted by Crippen LogP contribution is -2.43. The third-order valence-electron chi connectivity index (χ3n) is 3.87. The summed E-state index contributed by atoms with van der Waals surface area (Å²) in [4.78, 5) is 2.57. The summed E-state index contributed by atoms with van der Waals surface area (Å²) in [6.07, 6.45) is 3.95. The van der Waals surface area contributed by atoms with Crippen LogP contribution >= 0.6 is 15.9 Å². The predicted molar refractivity (Wildman–Crippen MR) is 76.9 cm³/mol. The van der Waals surface area contributed by atoms with Gasteiger partial charge in [-0.1, -0.05) is 28.4 Å². The maximum Gasteiger partial charge on any atom is 0.0371 e. The van der Waals surface area contributed by atoms with E-state index >= 15 is 0 Å². The van der Waals surface area contributed by atoms with E-state index in [-0.39, 0.29) is 0 Å². The first-order valence-electron chi connectivity index (χ1n) is 6.38. The Kier molecular flexibility index (Phi) is 4.10.